The molecule has 0 aromatic heterocycles. The van der Waals surface area contributed by atoms with Crippen LogP contribution in [0.5, 0.6) is 0 Å². The molecule has 4 aromatic rings. The van der Waals surface area contributed by atoms with Gasteiger partial charge in [-0.15, -0.1) is 0 Å². The number of hydrogen-bond donors (Lipinski definition) is 2. The van der Waals surface area contributed by atoms with Crippen molar-refractivity contribution in [2.75, 3.05) is 0 Å². The van der Waals surface area contributed by atoms with Crippen molar-refractivity contribution in [3.05, 3.63) is 72.8 Å². The maximum absolute atomic E-state index is 7.12. The summed E-state index contributed by atoms with van der Waals surface area (Å²) in [6.07, 6.45) is 0. The van der Waals surface area contributed by atoms with E-state index in [1.54, 1.807) is 0 Å². The zero-order chi connectivity index (χ0) is 14.7. The largest absolute Gasteiger partial charge is 0.432 e. The number of rotatable bonds is 0. The molecule has 2 nitrogen and oxygen atoms in total. The van der Waals surface area contributed by atoms with Crippen LogP contribution in [0.3, 0.4) is 0 Å². The molecule has 0 fully saturated rings. The molecule has 102 valence electrons. The summed E-state index contributed by atoms with van der Waals surface area (Å²) in [5.74, 6) is 0. The second-order valence-electron chi connectivity index (χ2n) is 4.78. The van der Waals surface area contributed by atoms with Gasteiger partial charge in [0.1, 0.15) is 0 Å². The second-order valence-corrected chi connectivity index (χ2v) is 4.78. The van der Waals surface area contributed by atoms with Crippen LogP contribution >= 0.6 is 0 Å². The average Bonchev–Trinajstić information content (AvgIpc) is 2.56. The standard InChI is InChI=1S/C18H12.BH3O2/c1-2-8-14-13(7-1)15-9-3-4-11-17(15)18-12-6-5-10-16(14)18;2-1-3/h1-12H;1-3H. The van der Waals surface area contributed by atoms with Crippen LogP contribution in [0, 0.1) is 0 Å². The van der Waals surface area contributed by atoms with Gasteiger partial charge in [0.15, 0.2) is 0 Å². The molecular formula is C18H15BO2. The smallest absolute Gasteiger partial charge is 0.430 e. The summed E-state index contributed by atoms with van der Waals surface area (Å²) in [6, 6.07) is 26.0. The molecule has 0 atom stereocenters. The van der Waals surface area contributed by atoms with E-state index in [1.165, 1.54) is 32.3 Å². The Bertz CT molecular complexity index is 682. The van der Waals surface area contributed by atoms with Crippen molar-refractivity contribution in [3.63, 3.8) is 0 Å². The van der Waals surface area contributed by atoms with Gasteiger partial charge in [0, 0.05) is 0 Å². The molecule has 4 aromatic carbocycles. The molecule has 0 aliphatic carbocycles. The van der Waals surface area contributed by atoms with Crippen molar-refractivity contribution in [2.45, 2.75) is 0 Å². The van der Waals surface area contributed by atoms with E-state index in [-0.39, 0.29) is 0 Å². The lowest BCUT2D eigenvalue weighted by Gasteiger charge is -2.09. The maximum atomic E-state index is 7.12. The van der Waals surface area contributed by atoms with E-state index < -0.39 is 7.69 Å². The van der Waals surface area contributed by atoms with Crippen LogP contribution in [0.4, 0.5) is 0 Å². The van der Waals surface area contributed by atoms with E-state index in [0.717, 1.165) is 0 Å². The van der Waals surface area contributed by atoms with Crippen LogP contribution in [0.15, 0.2) is 72.8 Å². The van der Waals surface area contributed by atoms with E-state index in [9.17, 15) is 0 Å². The molecular weight excluding hydrogens is 259 g/mol. The summed E-state index contributed by atoms with van der Waals surface area (Å²) in [4.78, 5) is 0. The Kier molecular flexibility index (Phi) is 3.86. The van der Waals surface area contributed by atoms with Gasteiger partial charge in [0.25, 0.3) is 0 Å². The highest BCUT2D eigenvalue weighted by atomic mass is 16.4. The molecule has 0 heterocycles. The molecule has 2 N–H and O–H groups in total. The lowest BCUT2D eigenvalue weighted by atomic mass is 9.95. The molecule has 3 heteroatoms. The fourth-order valence-electron chi connectivity index (χ4n) is 2.86. The zero-order valence-corrected chi connectivity index (χ0v) is 11.5. The minimum Gasteiger partial charge on any atom is -0.430 e. The Balaban J connectivity index is 0.000000409. The SMILES string of the molecule is OBO.c1ccc2c(c1)c1ccccc1c1ccccc21. The van der Waals surface area contributed by atoms with Crippen molar-refractivity contribution in [1.82, 2.24) is 0 Å². The van der Waals surface area contributed by atoms with Crippen LogP contribution in [0.25, 0.3) is 32.3 Å². The Morgan fingerprint density at radius 1 is 0.429 bits per heavy atom. The molecule has 4 rings (SSSR count). The monoisotopic (exact) mass is 274 g/mol. The topological polar surface area (TPSA) is 40.5 Å². The van der Waals surface area contributed by atoms with Crippen molar-refractivity contribution < 1.29 is 10.0 Å². The first-order valence-corrected chi connectivity index (χ1v) is 6.86. The molecule has 0 unspecified atom stereocenters. The average molecular weight is 274 g/mol. The predicted octanol–water partition coefficient (Wildman–Crippen LogP) is 3.38. The lowest BCUT2D eigenvalue weighted by molar-refractivity contribution is 0.448. The van der Waals surface area contributed by atoms with E-state index >= 15 is 0 Å². The predicted molar refractivity (Wildman–Crippen MR) is 90.5 cm³/mol. The third-order valence-electron chi connectivity index (χ3n) is 3.65. The number of hydrogen-bond acceptors (Lipinski definition) is 2. The minimum absolute atomic E-state index is 0.750. The van der Waals surface area contributed by atoms with Gasteiger partial charge in [0.2, 0.25) is 0 Å². The number of fused-ring (bicyclic) bond motifs is 6. The van der Waals surface area contributed by atoms with E-state index in [1.807, 2.05) is 0 Å². The van der Waals surface area contributed by atoms with Gasteiger partial charge in [-0.05, 0) is 32.3 Å². The fourth-order valence-corrected chi connectivity index (χ4v) is 2.86. The van der Waals surface area contributed by atoms with E-state index in [2.05, 4.69) is 72.8 Å². The molecule has 0 aliphatic rings. The Labute approximate surface area is 123 Å². The van der Waals surface area contributed by atoms with E-state index in [4.69, 9.17) is 10.0 Å². The fraction of sp³-hybridized carbons (Fsp3) is 0. The molecule has 21 heavy (non-hydrogen) atoms. The van der Waals surface area contributed by atoms with Gasteiger partial charge in [-0.1, -0.05) is 72.8 Å². The Morgan fingerprint density at radius 3 is 0.714 bits per heavy atom. The molecule has 0 saturated heterocycles. The zero-order valence-electron chi connectivity index (χ0n) is 11.5. The van der Waals surface area contributed by atoms with Crippen molar-refractivity contribution in [2.24, 2.45) is 0 Å². The Morgan fingerprint density at radius 2 is 0.571 bits per heavy atom. The van der Waals surface area contributed by atoms with Gasteiger partial charge in [0.05, 0.1) is 0 Å². The van der Waals surface area contributed by atoms with Crippen LogP contribution in [-0.4, -0.2) is 17.7 Å². The first-order chi connectivity index (χ1) is 10.4. The molecule has 0 radical (unpaired) electrons. The quantitative estimate of drug-likeness (QED) is 0.381. The molecule has 0 bridgehead atoms. The molecule has 0 spiro atoms. The highest BCUT2D eigenvalue weighted by Crippen LogP contribution is 2.34. The van der Waals surface area contributed by atoms with Gasteiger partial charge in [-0.25, -0.2) is 0 Å². The van der Waals surface area contributed by atoms with Crippen LogP contribution in [0.1, 0.15) is 0 Å². The summed E-state index contributed by atoms with van der Waals surface area (Å²) >= 11 is 0. The third kappa shape index (κ3) is 2.37. The van der Waals surface area contributed by atoms with Crippen molar-refractivity contribution >= 4 is 40.0 Å². The first kappa shape index (κ1) is 13.6. The molecule has 0 saturated carbocycles. The maximum Gasteiger partial charge on any atom is 0.432 e. The van der Waals surface area contributed by atoms with Gasteiger partial charge in [-0.3, -0.25) is 0 Å². The molecule has 0 amide bonds. The third-order valence-corrected chi connectivity index (χ3v) is 3.65. The second kappa shape index (κ2) is 5.96. The van der Waals surface area contributed by atoms with Gasteiger partial charge in [-0.2, -0.15) is 0 Å². The van der Waals surface area contributed by atoms with Gasteiger partial charge < -0.3 is 10.0 Å². The van der Waals surface area contributed by atoms with Crippen LogP contribution < -0.4 is 0 Å². The lowest BCUT2D eigenvalue weighted by Crippen LogP contribution is -1.81. The number of benzene rings is 4. The van der Waals surface area contributed by atoms with Crippen molar-refractivity contribution in [1.29, 1.82) is 0 Å². The summed E-state index contributed by atoms with van der Waals surface area (Å²) in [5, 5.41) is 22.3. The summed E-state index contributed by atoms with van der Waals surface area (Å²) in [7, 11) is -0.750. The molecule has 0 aliphatic heterocycles. The normalized spacial score (nSPS) is 10.4. The Hall–Kier alpha value is -2.36. The van der Waals surface area contributed by atoms with Crippen LogP contribution in [-0.2, 0) is 0 Å². The summed E-state index contributed by atoms with van der Waals surface area (Å²) in [5.41, 5.74) is 0. The van der Waals surface area contributed by atoms with E-state index in [0.29, 0.717) is 0 Å². The minimum atomic E-state index is -0.750. The van der Waals surface area contributed by atoms with Crippen LogP contribution in [0.2, 0.25) is 0 Å². The summed E-state index contributed by atoms with van der Waals surface area (Å²) in [6.45, 7) is 0. The van der Waals surface area contributed by atoms with Gasteiger partial charge >= 0.3 is 7.69 Å². The highest BCUT2D eigenvalue weighted by Gasteiger charge is 2.06. The van der Waals surface area contributed by atoms with Crippen molar-refractivity contribution in [3.8, 4) is 0 Å². The first-order valence-electron chi connectivity index (χ1n) is 6.86. The highest BCUT2D eigenvalue weighted by molar-refractivity contribution is 6.25. The summed E-state index contributed by atoms with van der Waals surface area (Å²) < 4.78 is 0.